The maximum atomic E-state index is 12.3. The number of anilines is 1. The van der Waals surface area contributed by atoms with Gasteiger partial charge in [0.2, 0.25) is 5.91 Å². The number of aryl methyl sites for hydroxylation is 1. The number of benzene rings is 2. The normalized spacial score (nSPS) is 10.7. The van der Waals surface area contributed by atoms with Gasteiger partial charge in [0.05, 0.1) is 27.4 Å². The smallest absolute Gasteiger partial charge is 0.274 e. The van der Waals surface area contributed by atoms with E-state index in [1.165, 1.54) is 17.8 Å². The van der Waals surface area contributed by atoms with Gasteiger partial charge in [-0.15, -0.1) is 0 Å². The van der Waals surface area contributed by atoms with Crippen LogP contribution in [-0.2, 0) is 4.79 Å². The molecule has 1 heterocycles. The third-order valence-electron chi connectivity index (χ3n) is 3.80. The third kappa shape index (κ3) is 3.80. The van der Waals surface area contributed by atoms with Gasteiger partial charge in [-0.3, -0.25) is 14.9 Å². The Kier molecular flexibility index (Phi) is 5.13. The number of nitrogens with one attached hydrogen (secondary N) is 1. The van der Waals surface area contributed by atoms with Crippen molar-refractivity contribution in [1.82, 2.24) is 9.97 Å². The van der Waals surface area contributed by atoms with Gasteiger partial charge in [0, 0.05) is 11.5 Å². The molecule has 8 heteroatoms. The van der Waals surface area contributed by atoms with Gasteiger partial charge in [-0.1, -0.05) is 36.0 Å². The molecule has 1 N–H and O–H groups in total. The molecular formula is C18H16N4O3S. The van der Waals surface area contributed by atoms with Crippen LogP contribution in [0.5, 0.6) is 0 Å². The van der Waals surface area contributed by atoms with Crippen molar-refractivity contribution >= 4 is 39.9 Å². The van der Waals surface area contributed by atoms with E-state index in [0.29, 0.717) is 17.1 Å². The molecule has 1 amide bonds. The SMILES string of the molecule is Cc1nc(SCC(=O)Nc2cccc([N+](=O)[O-])c2C)c2ccccc2n1. The molecule has 3 rings (SSSR count). The number of hydrogen-bond acceptors (Lipinski definition) is 6. The molecule has 0 aliphatic rings. The molecule has 0 saturated carbocycles. The molecular weight excluding hydrogens is 352 g/mol. The van der Waals surface area contributed by atoms with Crippen LogP contribution in [0.2, 0.25) is 0 Å². The van der Waals surface area contributed by atoms with Crippen molar-refractivity contribution in [3.63, 3.8) is 0 Å². The van der Waals surface area contributed by atoms with Crippen LogP contribution in [0.1, 0.15) is 11.4 Å². The van der Waals surface area contributed by atoms with Gasteiger partial charge in [-0.2, -0.15) is 0 Å². The highest BCUT2D eigenvalue weighted by atomic mass is 32.2. The van der Waals surface area contributed by atoms with E-state index in [-0.39, 0.29) is 17.3 Å². The molecule has 0 aliphatic heterocycles. The molecule has 0 unspecified atom stereocenters. The number of amides is 1. The topological polar surface area (TPSA) is 98.0 Å². The Hall–Kier alpha value is -3.00. The van der Waals surface area contributed by atoms with E-state index in [4.69, 9.17) is 0 Å². The second-order valence-corrected chi connectivity index (χ2v) is 6.60. The molecule has 132 valence electrons. The average molecular weight is 368 g/mol. The fraction of sp³-hybridized carbons (Fsp3) is 0.167. The summed E-state index contributed by atoms with van der Waals surface area (Å²) in [6, 6.07) is 12.2. The molecule has 0 radical (unpaired) electrons. The first kappa shape index (κ1) is 17.8. The lowest BCUT2D eigenvalue weighted by atomic mass is 10.1. The quantitative estimate of drug-likeness (QED) is 0.317. The molecule has 3 aromatic rings. The van der Waals surface area contributed by atoms with Gasteiger partial charge in [0.15, 0.2) is 0 Å². The molecule has 0 spiro atoms. The summed E-state index contributed by atoms with van der Waals surface area (Å²) < 4.78 is 0. The van der Waals surface area contributed by atoms with E-state index in [1.54, 1.807) is 19.1 Å². The van der Waals surface area contributed by atoms with Crippen molar-refractivity contribution in [2.75, 3.05) is 11.1 Å². The van der Waals surface area contributed by atoms with Crippen LogP contribution in [-0.4, -0.2) is 26.6 Å². The van der Waals surface area contributed by atoms with E-state index in [9.17, 15) is 14.9 Å². The fourth-order valence-corrected chi connectivity index (χ4v) is 3.41. The zero-order chi connectivity index (χ0) is 18.7. The number of para-hydroxylation sites is 1. The Morgan fingerprint density at radius 3 is 2.69 bits per heavy atom. The van der Waals surface area contributed by atoms with Gasteiger partial charge in [-0.05, 0) is 26.0 Å². The van der Waals surface area contributed by atoms with Crippen molar-refractivity contribution in [3.05, 3.63) is 64.0 Å². The molecule has 0 fully saturated rings. The summed E-state index contributed by atoms with van der Waals surface area (Å²) in [7, 11) is 0. The Balaban J connectivity index is 1.75. The molecule has 0 atom stereocenters. The lowest BCUT2D eigenvalue weighted by Gasteiger charge is -2.09. The number of nitrogens with zero attached hydrogens (tertiary/aromatic N) is 3. The van der Waals surface area contributed by atoms with Crippen LogP contribution in [0.25, 0.3) is 10.9 Å². The van der Waals surface area contributed by atoms with E-state index in [0.717, 1.165) is 15.9 Å². The first-order valence-electron chi connectivity index (χ1n) is 7.86. The third-order valence-corrected chi connectivity index (χ3v) is 4.79. The van der Waals surface area contributed by atoms with Gasteiger partial charge in [0.25, 0.3) is 5.69 Å². The van der Waals surface area contributed by atoms with Crippen LogP contribution < -0.4 is 5.32 Å². The molecule has 2 aromatic carbocycles. The standard InChI is InChI=1S/C18H16N4O3S/c1-11-14(8-5-9-16(11)22(24)25)21-17(23)10-26-18-13-6-3-4-7-15(13)19-12(2)20-18/h3-9H,10H2,1-2H3,(H,21,23). The number of nitro benzene ring substituents is 1. The van der Waals surface area contributed by atoms with Gasteiger partial charge in [-0.25, -0.2) is 9.97 Å². The lowest BCUT2D eigenvalue weighted by Crippen LogP contribution is -2.15. The summed E-state index contributed by atoms with van der Waals surface area (Å²) in [5.74, 6) is 0.530. The maximum absolute atomic E-state index is 12.3. The van der Waals surface area contributed by atoms with Crippen molar-refractivity contribution in [2.24, 2.45) is 0 Å². The fourth-order valence-electron chi connectivity index (χ4n) is 2.55. The van der Waals surface area contributed by atoms with Gasteiger partial charge in [0.1, 0.15) is 10.9 Å². The van der Waals surface area contributed by atoms with Crippen LogP contribution in [0.4, 0.5) is 11.4 Å². The summed E-state index contributed by atoms with van der Waals surface area (Å²) in [5, 5.41) is 15.4. The largest absolute Gasteiger partial charge is 0.325 e. The van der Waals surface area contributed by atoms with Crippen molar-refractivity contribution < 1.29 is 9.72 Å². The predicted octanol–water partition coefficient (Wildman–Crippen LogP) is 3.89. The molecule has 0 bridgehead atoms. The molecule has 0 saturated heterocycles. The highest BCUT2D eigenvalue weighted by Crippen LogP contribution is 2.27. The number of nitro groups is 1. The van der Waals surface area contributed by atoms with E-state index in [2.05, 4.69) is 15.3 Å². The van der Waals surface area contributed by atoms with E-state index in [1.807, 2.05) is 31.2 Å². The Morgan fingerprint density at radius 2 is 1.92 bits per heavy atom. The number of aromatic nitrogens is 2. The minimum absolute atomic E-state index is 0.0205. The molecule has 1 aromatic heterocycles. The number of fused-ring (bicyclic) bond motifs is 1. The van der Waals surface area contributed by atoms with Crippen molar-refractivity contribution in [3.8, 4) is 0 Å². The van der Waals surface area contributed by atoms with Crippen molar-refractivity contribution in [2.45, 2.75) is 18.9 Å². The van der Waals surface area contributed by atoms with E-state index < -0.39 is 4.92 Å². The number of thioether (sulfide) groups is 1. The first-order chi connectivity index (χ1) is 12.5. The number of carbonyl (C=O) groups is 1. The Morgan fingerprint density at radius 1 is 1.15 bits per heavy atom. The predicted molar refractivity (Wildman–Crippen MR) is 101 cm³/mol. The number of rotatable bonds is 5. The van der Waals surface area contributed by atoms with Crippen LogP contribution in [0, 0.1) is 24.0 Å². The summed E-state index contributed by atoms with van der Waals surface area (Å²) >= 11 is 1.31. The molecule has 7 nitrogen and oxygen atoms in total. The minimum Gasteiger partial charge on any atom is -0.325 e. The second kappa shape index (κ2) is 7.49. The monoisotopic (exact) mass is 368 g/mol. The van der Waals surface area contributed by atoms with Crippen LogP contribution in [0.3, 0.4) is 0 Å². The maximum Gasteiger partial charge on any atom is 0.274 e. The first-order valence-corrected chi connectivity index (χ1v) is 8.84. The van der Waals surface area contributed by atoms with Gasteiger partial charge >= 0.3 is 0 Å². The summed E-state index contributed by atoms with van der Waals surface area (Å²) in [4.78, 5) is 31.6. The highest BCUT2D eigenvalue weighted by Gasteiger charge is 2.15. The zero-order valence-electron chi connectivity index (χ0n) is 14.2. The minimum atomic E-state index is -0.463. The Bertz CT molecular complexity index is 1010. The van der Waals surface area contributed by atoms with Gasteiger partial charge < -0.3 is 5.32 Å². The highest BCUT2D eigenvalue weighted by molar-refractivity contribution is 8.00. The Labute approximate surface area is 154 Å². The van der Waals surface area contributed by atoms with Crippen molar-refractivity contribution in [1.29, 1.82) is 0 Å². The van der Waals surface area contributed by atoms with Crippen LogP contribution in [0.15, 0.2) is 47.5 Å². The zero-order valence-corrected chi connectivity index (χ0v) is 15.0. The average Bonchev–Trinajstić information content (AvgIpc) is 2.61. The molecule has 0 aliphatic carbocycles. The van der Waals surface area contributed by atoms with Crippen LogP contribution >= 0.6 is 11.8 Å². The second-order valence-electron chi connectivity index (χ2n) is 5.64. The summed E-state index contributed by atoms with van der Waals surface area (Å²) in [6.07, 6.45) is 0. The number of hydrogen-bond donors (Lipinski definition) is 1. The summed E-state index contributed by atoms with van der Waals surface area (Å²) in [5.41, 5.74) is 1.68. The lowest BCUT2D eigenvalue weighted by molar-refractivity contribution is -0.385. The summed E-state index contributed by atoms with van der Waals surface area (Å²) in [6.45, 7) is 3.42. The molecule has 26 heavy (non-hydrogen) atoms. The van der Waals surface area contributed by atoms with E-state index >= 15 is 0 Å². The number of carbonyl (C=O) groups excluding carboxylic acids is 1.